The molecule has 0 aliphatic carbocycles. The summed E-state index contributed by atoms with van der Waals surface area (Å²) in [6, 6.07) is 5.51. The van der Waals surface area contributed by atoms with E-state index in [0.717, 1.165) is 10.9 Å². The van der Waals surface area contributed by atoms with Crippen LogP contribution in [0.1, 0.15) is 20.3 Å². The Morgan fingerprint density at radius 2 is 2.29 bits per heavy atom. The highest BCUT2D eigenvalue weighted by molar-refractivity contribution is 9.10. The molecule has 0 bridgehead atoms. The number of nitrogens with two attached hydrogens (primary N) is 1. The average molecular weight is 301 g/mol. The number of nitrogens with one attached hydrogen (secondary N) is 1. The van der Waals surface area contributed by atoms with E-state index in [9.17, 15) is 4.79 Å². The van der Waals surface area contributed by atoms with Crippen LogP contribution in [0.25, 0.3) is 0 Å². The highest BCUT2D eigenvalue weighted by atomic mass is 79.9. The lowest BCUT2D eigenvalue weighted by molar-refractivity contribution is -0.123. The quantitative estimate of drug-likeness (QED) is 0.820. The molecule has 1 rings (SSSR count). The first kappa shape index (κ1) is 13.8. The molecule has 0 spiro atoms. The predicted octanol–water partition coefficient (Wildman–Crippen LogP) is 2.32. The summed E-state index contributed by atoms with van der Waals surface area (Å²) in [5.41, 5.74) is 6.26. The molecule has 0 aromatic heterocycles. The number of para-hydroxylation sites is 1. The lowest BCUT2D eigenvalue weighted by Crippen LogP contribution is -2.35. The van der Waals surface area contributed by atoms with Crippen LogP contribution < -0.4 is 15.8 Å². The molecule has 0 aliphatic rings. The van der Waals surface area contributed by atoms with E-state index in [4.69, 9.17) is 10.5 Å². The SMILES string of the molecule is CCC(C)NC(=O)COc1c(N)cccc1Br. The zero-order chi connectivity index (χ0) is 12.8. The van der Waals surface area contributed by atoms with Crippen LogP contribution in [0.5, 0.6) is 5.75 Å². The van der Waals surface area contributed by atoms with Gasteiger partial charge in [0.2, 0.25) is 0 Å². The summed E-state index contributed by atoms with van der Waals surface area (Å²) in [6.45, 7) is 3.93. The molecule has 1 aromatic rings. The molecule has 3 N–H and O–H groups in total. The van der Waals surface area contributed by atoms with Crippen LogP contribution in [0.4, 0.5) is 5.69 Å². The maximum absolute atomic E-state index is 11.5. The van der Waals surface area contributed by atoms with Gasteiger partial charge < -0.3 is 15.8 Å². The van der Waals surface area contributed by atoms with Crippen LogP contribution in [0.3, 0.4) is 0 Å². The number of benzene rings is 1. The van der Waals surface area contributed by atoms with Gasteiger partial charge in [-0.05, 0) is 41.4 Å². The van der Waals surface area contributed by atoms with Gasteiger partial charge in [-0.15, -0.1) is 0 Å². The van der Waals surface area contributed by atoms with E-state index in [0.29, 0.717) is 11.4 Å². The smallest absolute Gasteiger partial charge is 0.258 e. The molecule has 5 heteroatoms. The number of halogens is 1. The maximum atomic E-state index is 11.5. The van der Waals surface area contributed by atoms with Crippen LogP contribution in [-0.2, 0) is 4.79 Å². The van der Waals surface area contributed by atoms with Gasteiger partial charge in [-0.25, -0.2) is 0 Å². The average Bonchev–Trinajstić information content (AvgIpc) is 2.28. The summed E-state index contributed by atoms with van der Waals surface area (Å²) in [6.07, 6.45) is 0.892. The minimum absolute atomic E-state index is 0.0306. The van der Waals surface area contributed by atoms with Gasteiger partial charge >= 0.3 is 0 Å². The van der Waals surface area contributed by atoms with E-state index in [1.54, 1.807) is 6.07 Å². The van der Waals surface area contributed by atoms with Crippen molar-refractivity contribution in [1.29, 1.82) is 0 Å². The van der Waals surface area contributed by atoms with Gasteiger partial charge in [0.05, 0.1) is 10.2 Å². The highest BCUT2D eigenvalue weighted by Crippen LogP contribution is 2.30. The second kappa shape index (κ2) is 6.49. The maximum Gasteiger partial charge on any atom is 0.258 e. The number of anilines is 1. The van der Waals surface area contributed by atoms with Crippen molar-refractivity contribution in [2.75, 3.05) is 12.3 Å². The number of rotatable bonds is 5. The molecule has 1 atom stereocenters. The zero-order valence-electron chi connectivity index (χ0n) is 10.00. The van der Waals surface area contributed by atoms with Crippen molar-refractivity contribution in [3.63, 3.8) is 0 Å². The van der Waals surface area contributed by atoms with Crippen molar-refractivity contribution in [3.8, 4) is 5.75 Å². The van der Waals surface area contributed by atoms with E-state index in [1.807, 2.05) is 26.0 Å². The Bertz CT molecular complexity index is 376. The summed E-state index contributed by atoms with van der Waals surface area (Å²) >= 11 is 3.33. The fourth-order valence-electron chi connectivity index (χ4n) is 1.23. The summed E-state index contributed by atoms with van der Waals surface area (Å²) in [7, 11) is 0. The number of carbonyl (C=O) groups is 1. The van der Waals surface area contributed by atoms with Gasteiger partial charge in [0.15, 0.2) is 12.4 Å². The van der Waals surface area contributed by atoms with Crippen molar-refractivity contribution in [2.45, 2.75) is 26.3 Å². The van der Waals surface area contributed by atoms with Crippen molar-refractivity contribution in [2.24, 2.45) is 0 Å². The van der Waals surface area contributed by atoms with Crippen molar-refractivity contribution in [1.82, 2.24) is 5.32 Å². The third-order valence-corrected chi connectivity index (χ3v) is 2.99. The molecular formula is C12H17BrN2O2. The predicted molar refractivity (Wildman–Crippen MR) is 71.9 cm³/mol. The van der Waals surface area contributed by atoms with Crippen LogP contribution in [0.2, 0.25) is 0 Å². The first-order chi connectivity index (χ1) is 8.04. The summed E-state index contributed by atoms with van der Waals surface area (Å²) in [5.74, 6) is 0.362. The fraction of sp³-hybridized carbons (Fsp3) is 0.417. The Kier molecular flexibility index (Phi) is 5.28. The van der Waals surface area contributed by atoms with Crippen LogP contribution >= 0.6 is 15.9 Å². The summed E-state index contributed by atoms with van der Waals surface area (Å²) < 4.78 is 6.14. The number of carbonyl (C=O) groups excluding carboxylic acids is 1. The Hall–Kier alpha value is -1.23. The zero-order valence-corrected chi connectivity index (χ0v) is 11.6. The number of hydrogen-bond acceptors (Lipinski definition) is 3. The number of hydrogen-bond donors (Lipinski definition) is 2. The third-order valence-electron chi connectivity index (χ3n) is 2.36. The second-order valence-electron chi connectivity index (χ2n) is 3.82. The minimum Gasteiger partial charge on any atom is -0.480 e. The Morgan fingerprint density at radius 1 is 1.59 bits per heavy atom. The Balaban J connectivity index is 2.53. The number of ether oxygens (including phenoxy) is 1. The topological polar surface area (TPSA) is 64.3 Å². The first-order valence-electron chi connectivity index (χ1n) is 5.50. The fourth-order valence-corrected chi connectivity index (χ4v) is 1.73. The number of nitrogen functional groups attached to an aromatic ring is 1. The molecule has 0 radical (unpaired) electrons. The Morgan fingerprint density at radius 3 is 2.88 bits per heavy atom. The molecule has 17 heavy (non-hydrogen) atoms. The largest absolute Gasteiger partial charge is 0.480 e. The van der Waals surface area contributed by atoms with Gasteiger partial charge in [-0.1, -0.05) is 13.0 Å². The molecule has 0 saturated heterocycles. The van der Waals surface area contributed by atoms with Gasteiger partial charge in [-0.2, -0.15) is 0 Å². The summed E-state index contributed by atoms with van der Waals surface area (Å²) in [4.78, 5) is 11.5. The lowest BCUT2D eigenvalue weighted by Gasteiger charge is -2.13. The van der Waals surface area contributed by atoms with Gasteiger partial charge in [0.1, 0.15) is 0 Å². The van der Waals surface area contributed by atoms with Gasteiger partial charge in [0.25, 0.3) is 5.91 Å². The van der Waals surface area contributed by atoms with Crippen LogP contribution in [0, 0.1) is 0 Å². The molecule has 1 unspecified atom stereocenters. The van der Waals surface area contributed by atoms with E-state index < -0.39 is 0 Å². The molecule has 0 saturated carbocycles. The molecule has 94 valence electrons. The molecule has 1 amide bonds. The third kappa shape index (κ3) is 4.26. The van der Waals surface area contributed by atoms with Gasteiger partial charge in [-0.3, -0.25) is 4.79 Å². The standard InChI is InChI=1S/C12H17BrN2O2/c1-3-8(2)15-11(16)7-17-12-9(13)5-4-6-10(12)14/h4-6,8H,3,7,14H2,1-2H3,(H,15,16). The van der Waals surface area contributed by atoms with E-state index >= 15 is 0 Å². The lowest BCUT2D eigenvalue weighted by atomic mass is 10.2. The molecule has 0 heterocycles. The molecule has 0 fully saturated rings. The van der Waals surface area contributed by atoms with Crippen molar-refractivity contribution >= 4 is 27.5 Å². The van der Waals surface area contributed by atoms with E-state index in [-0.39, 0.29) is 18.6 Å². The van der Waals surface area contributed by atoms with E-state index in [1.165, 1.54) is 0 Å². The molecular weight excluding hydrogens is 284 g/mol. The van der Waals surface area contributed by atoms with Crippen LogP contribution in [-0.4, -0.2) is 18.6 Å². The first-order valence-corrected chi connectivity index (χ1v) is 6.30. The Labute approximate surface area is 110 Å². The number of amides is 1. The van der Waals surface area contributed by atoms with Crippen LogP contribution in [0.15, 0.2) is 22.7 Å². The van der Waals surface area contributed by atoms with Gasteiger partial charge in [0, 0.05) is 6.04 Å². The van der Waals surface area contributed by atoms with Crippen molar-refractivity contribution in [3.05, 3.63) is 22.7 Å². The summed E-state index contributed by atoms with van der Waals surface area (Å²) in [5, 5.41) is 2.82. The molecule has 0 aliphatic heterocycles. The highest BCUT2D eigenvalue weighted by Gasteiger charge is 2.09. The minimum atomic E-state index is -0.144. The monoisotopic (exact) mass is 300 g/mol. The van der Waals surface area contributed by atoms with Crippen molar-refractivity contribution < 1.29 is 9.53 Å². The molecule has 4 nitrogen and oxygen atoms in total. The molecule has 1 aromatic carbocycles. The second-order valence-corrected chi connectivity index (χ2v) is 4.68. The van der Waals surface area contributed by atoms with E-state index in [2.05, 4.69) is 21.2 Å². The normalized spacial score (nSPS) is 11.9.